The van der Waals surface area contributed by atoms with Gasteiger partial charge in [-0.2, -0.15) is 0 Å². The van der Waals surface area contributed by atoms with Crippen LogP contribution < -0.4 is 5.14 Å². The molecule has 4 nitrogen and oxygen atoms in total. The lowest BCUT2D eigenvalue weighted by Gasteiger charge is -1.99. The summed E-state index contributed by atoms with van der Waals surface area (Å²) < 4.78 is 21.6. The van der Waals surface area contributed by atoms with E-state index in [2.05, 4.69) is 11.6 Å². The first kappa shape index (κ1) is 9.88. The molecule has 1 aromatic rings. The molecule has 70 valence electrons. The number of hydrogen-bond acceptors (Lipinski definition) is 3. The lowest BCUT2D eigenvalue weighted by molar-refractivity contribution is 0.594. The van der Waals surface area contributed by atoms with Gasteiger partial charge in [-0.3, -0.25) is 0 Å². The molecule has 0 bridgehead atoms. The quantitative estimate of drug-likeness (QED) is 0.762. The van der Waals surface area contributed by atoms with Gasteiger partial charge in [0.1, 0.15) is 0 Å². The van der Waals surface area contributed by atoms with Crippen molar-refractivity contribution in [1.82, 2.24) is 4.98 Å². The maximum absolute atomic E-state index is 10.8. The summed E-state index contributed by atoms with van der Waals surface area (Å²) in [5.74, 6) is 0. The van der Waals surface area contributed by atoms with Crippen LogP contribution in [0.25, 0.3) is 5.57 Å². The molecule has 1 aromatic heterocycles. The summed E-state index contributed by atoms with van der Waals surface area (Å²) in [5.41, 5.74) is 1.63. The number of rotatable bonds is 2. The first-order valence-electron chi connectivity index (χ1n) is 3.56. The predicted octanol–water partition coefficient (Wildman–Crippen LogP) is 0.762. The average Bonchev–Trinajstić information content (AvgIpc) is 2.03. The molecule has 0 saturated heterocycles. The highest BCUT2D eigenvalue weighted by molar-refractivity contribution is 7.89. The number of nitrogens with two attached hydrogens (primary N) is 1. The number of pyridine rings is 1. The minimum Gasteiger partial charge on any atom is -0.243 e. The van der Waals surface area contributed by atoms with Crippen molar-refractivity contribution in [2.24, 2.45) is 5.14 Å². The van der Waals surface area contributed by atoms with E-state index in [1.807, 2.05) is 6.92 Å². The van der Waals surface area contributed by atoms with Crippen molar-refractivity contribution < 1.29 is 8.42 Å². The molecule has 0 atom stereocenters. The third-order valence-electron chi connectivity index (χ3n) is 1.52. The molecule has 0 saturated carbocycles. The average molecular weight is 198 g/mol. The van der Waals surface area contributed by atoms with E-state index in [4.69, 9.17) is 5.14 Å². The molecule has 0 fully saturated rings. The lowest BCUT2D eigenvalue weighted by Crippen LogP contribution is -2.13. The molecule has 1 heterocycles. The van der Waals surface area contributed by atoms with Crippen LogP contribution in [0.5, 0.6) is 0 Å². The fraction of sp³-hybridized carbons (Fsp3) is 0.125. The van der Waals surface area contributed by atoms with Crippen LogP contribution in [0.3, 0.4) is 0 Å². The molecular formula is C8H10N2O2S. The Morgan fingerprint density at radius 3 is 2.46 bits per heavy atom. The second kappa shape index (κ2) is 3.27. The molecule has 1 rings (SSSR count). The van der Waals surface area contributed by atoms with Crippen LogP contribution in [0.2, 0.25) is 0 Å². The van der Waals surface area contributed by atoms with Crippen molar-refractivity contribution in [3.8, 4) is 0 Å². The smallest absolute Gasteiger partial charge is 0.243 e. The fourth-order valence-electron chi connectivity index (χ4n) is 0.801. The minimum absolute atomic E-state index is 0.127. The standard InChI is InChI=1S/C8H10N2O2S/c1-6(2)7-3-4-8(10-5-7)13(9,11)12/h3-5H,1H2,2H3,(H2,9,11,12). The van der Waals surface area contributed by atoms with Crippen LogP contribution in [-0.2, 0) is 10.0 Å². The monoisotopic (exact) mass is 198 g/mol. The second-order valence-electron chi connectivity index (χ2n) is 2.71. The molecule has 0 aliphatic heterocycles. The van der Waals surface area contributed by atoms with E-state index < -0.39 is 10.0 Å². The first-order chi connectivity index (χ1) is 5.91. The normalized spacial score (nSPS) is 11.2. The highest BCUT2D eigenvalue weighted by Crippen LogP contribution is 2.11. The molecule has 5 heteroatoms. The molecule has 0 amide bonds. The van der Waals surface area contributed by atoms with E-state index in [0.717, 1.165) is 11.1 Å². The zero-order chi connectivity index (χ0) is 10.1. The topological polar surface area (TPSA) is 73.1 Å². The van der Waals surface area contributed by atoms with Gasteiger partial charge in [0, 0.05) is 6.20 Å². The van der Waals surface area contributed by atoms with Gasteiger partial charge in [-0.05, 0) is 24.1 Å². The summed E-state index contributed by atoms with van der Waals surface area (Å²) in [5, 5.41) is 4.74. The van der Waals surface area contributed by atoms with Gasteiger partial charge in [0.2, 0.25) is 0 Å². The van der Waals surface area contributed by atoms with E-state index in [1.54, 1.807) is 6.07 Å². The Labute approximate surface area is 77.2 Å². The van der Waals surface area contributed by atoms with E-state index in [1.165, 1.54) is 12.3 Å². The van der Waals surface area contributed by atoms with Crippen LogP contribution in [0.1, 0.15) is 12.5 Å². The molecule has 0 unspecified atom stereocenters. The fourth-order valence-corrected chi connectivity index (χ4v) is 1.26. The van der Waals surface area contributed by atoms with E-state index in [-0.39, 0.29) is 5.03 Å². The number of sulfonamides is 1. The third-order valence-corrected chi connectivity index (χ3v) is 2.35. The molecule has 13 heavy (non-hydrogen) atoms. The molecule has 0 radical (unpaired) electrons. The maximum atomic E-state index is 10.8. The van der Waals surface area contributed by atoms with Gasteiger partial charge >= 0.3 is 0 Å². The molecule has 0 aromatic carbocycles. The Morgan fingerprint density at radius 2 is 2.15 bits per heavy atom. The van der Waals surface area contributed by atoms with Crippen molar-refractivity contribution in [2.75, 3.05) is 0 Å². The van der Waals surface area contributed by atoms with Crippen molar-refractivity contribution in [3.05, 3.63) is 30.5 Å². The minimum atomic E-state index is -3.69. The van der Waals surface area contributed by atoms with Gasteiger partial charge in [-0.15, -0.1) is 0 Å². The van der Waals surface area contributed by atoms with Gasteiger partial charge in [0.15, 0.2) is 5.03 Å². The van der Waals surface area contributed by atoms with Crippen LogP contribution in [-0.4, -0.2) is 13.4 Å². The summed E-state index contributed by atoms with van der Waals surface area (Å²) in [6.07, 6.45) is 1.43. The van der Waals surface area contributed by atoms with Crippen LogP contribution in [0, 0.1) is 0 Å². The van der Waals surface area contributed by atoms with Crippen molar-refractivity contribution in [3.63, 3.8) is 0 Å². The largest absolute Gasteiger partial charge is 0.255 e. The molecule has 0 aliphatic rings. The highest BCUT2D eigenvalue weighted by atomic mass is 32.2. The van der Waals surface area contributed by atoms with Crippen LogP contribution in [0.4, 0.5) is 0 Å². The Morgan fingerprint density at radius 1 is 1.54 bits per heavy atom. The van der Waals surface area contributed by atoms with Crippen LogP contribution in [0.15, 0.2) is 29.9 Å². The zero-order valence-electron chi connectivity index (χ0n) is 7.19. The number of hydrogen-bond donors (Lipinski definition) is 1. The third kappa shape index (κ3) is 2.37. The number of aromatic nitrogens is 1. The van der Waals surface area contributed by atoms with Crippen molar-refractivity contribution >= 4 is 15.6 Å². The molecule has 0 spiro atoms. The summed E-state index contributed by atoms with van der Waals surface area (Å²) in [6, 6.07) is 2.98. The Bertz CT molecular complexity index is 420. The summed E-state index contributed by atoms with van der Waals surface area (Å²) >= 11 is 0. The van der Waals surface area contributed by atoms with Gasteiger partial charge in [-0.25, -0.2) is 18.5 Å². The molecule has 2 N–H and O–H groups in total. The van der Waals surface area contributed by atoms with E-state index >= 15 is 0 Å². The van der Waals surface area contributed by atoms with Gasteiger partial charge in [0.05, 0.1) is 0 Å². The summed E-state index contributed by atoms with van der Waals surface area (Å²) in [4.78, 5) is 3.70. The number of nitrogens with zero attached hydrogens (tertiary/aromatic N) is 1. The van der Waals surface area contributed by atoms with E-state index in [9.17, 15) is 8.42 Å². The van der Waals surface area contributed by atoms with Crippen molar-refractivity contribution in [2.45, 2.75) is 11.9 Å². The molecular weight excluding hydrogens is 188 g/mol. The Balaban J connectivity index is 3.16. The lowest BCUT2D eigenvalue weighted by atomic mass is 10.2. The Kier molecular flexibility index (Phi) is 2.49. The maximum Gasteiger partial charge on any atom is 0.255 e. The predicted molar refractivity (Wildman–Crippen MR) is 50.3 cm³/mol. The number of allylic oxidation sites excluding steroid dienone is 1. The highest BCUT2D eigenvalue weighted by Gasteiger charge is 2.08. The Hall–Kier alpha value is -1.20. The zero-order valence-corrected chi connectivity index (χ0v) is 8.00. The number of primary sulfonamides is 1. The summed E-state index contributed by atoms with van der Waals surface area (Å²) in [6.45, 7) is 5.51. The first-order valence-corrected chi connectivity index (χ1v) is 5.10. The molecule has 0 aliphatic carbocycles. The van der Waals surface area contributed by atoms with Crippen LogP contribution >= 0.6 is 0 Å². The SMILES string of the molecule is C=C(C)c1ccc(S(N)(=O)=O)nc1. The van der Waals surface area contributed by atoms with Gasteiger partial charge < -0.3 is 0 Å². The van der Waals surface area contributed by atoms with Gasteiger partial charge in [-0.1, -0.05) is 12.6 Å². The second-order valence-corrected chi connectivity index (χ2v) is 4.22. The van der Waals surface area contributed by atoms with Crippen molar-refractivity contribution in [1.29, 1.82) is 0 Å². The summed E-state index contributed by atoms with van der Waals surface area (Å²) in [7, 11) is -3.69. The van der Waals surface area contributed by atoms with E-state index in [0.29, 0.717) is 0 Å². The van der Waals surface area contributed by atoms with Gasteiger partial charge in [0.25, 0.3) is 10.0 Å².